The Balaban J connectivity index is 1.68. The molecule has 0 aliphatic heterocycles. The smallest absolute Gasteiger partial charge is 0.160 e. The third-order valence-electron chi connectivity index (χ3n) is 3.43. The van der Waals surface area contributed by atoms with Crippen molar-refractivity contribution >= 4 is 11.5 Å². The standard InChI is InChI=1S/C16H20N6/c1-11(2)16-18-12(3)10-13(19-16)17-8-7-15-21-20-14-6-4-5-9-22(14)15/h4-6,9-11H,7-8H2,1-3H3,(H,17,18,19). The first-order chi connectivity index (χ1) is 10.6. The minimum absolute atomic E-state index is 0.320. The highest BCUT2D eigenvalue weighted by atomic mass is 15.2. The lowest BCUT2D eigenvalue weighted by Crippen LogP contribution is -2.11. The lowest BCUT2D eigenvalue weighted by molar-refractivity contribution is 0.765. The molecule has 0 saturated carbocycles. The zero-order chi connectivity index (χ0) is 15.5. The maximum absolute atomic E-state index is 4.55. The van der Waals surface area contributed by atoms with Crippen LogP contribution in [0.5, 0.6) is 0 Å². The van der Waals surface area contributed by atoms with Crippen molar-refractivity contribution in [1.82, 2.24) is 24.6 Å². The fourth-order valence-corrected chi connectivity index (χ4v) is 2.30. The van der Waals surface area contributed by atoms with E-state index in [0.29, 0.717) is 5.92 Å². The number of pyridine rings is 1. The van der Waals surface area contributed by atoms with Gasteiger partial charge in [0.2, 0.25) is 0 Å². The summed E-state index contributed by atoms with van der Waals surface area (Å²) in [7, 11) is 0. The molecule has 0 aliphatic carbocycles. The van der Waals surface area contributed by atoms with E-state index in [1.54, 1.807) is 0 Å². The molecule has 22 heavy (non-hydrogen) atoms. The second kappa shape index (κ2) is 6.09. The van der Waals surface area contributed by atoms with Crippen molar-refractivity contribution in [2.75, 3.05) is 11.9 Å². The van der Waals surface area contributed by atoms with Crippen LogP contribution in [0.1, 0.15) is 37.1 Å². The molecule has 114 valence electrons. The minimum Gasteiger partial charge on any atom is -0.370 e. The van der Waals surface area contributed by atoms with Crippen molar-refractivity contribution < 1.29 is 0 Å². The molecule has 0 bridgehead atoms. The second-order valence-corrected chi connectivity index (χ2v) is 5.63. The molecule has 0 unspecified atom stereocenters. The van der Waals surface area contributed by atoms with E-state index in [1.165, 1.54) is 0 Å². The van der Waals surface area contributed by atoms with E-state index >= 15 is 0 Å². The van der Waals surface area contributed by atoms with Gasteiger partial charge >= 0.3 is 0 Å². The van der Waals surface area contributed by atoms with Crippen LogP contribution in [0.15, 0.2) is 30.5 Å². The van der Waals surface area contributed by atoms with E-state index in [1.807, 2.05) is 41.8 Å². The van der Waals surface area contributed by atoms with Crippen LogP contribution in [0.2, 0.25) is 0 Å². The van der Waals surface area contributed by atoms with E-state index in [9.17, 15) is 0 Å². The summed E-state index contributed by atoms with van der Waals surface area (Å²) < 4.78 is 2.01. The number of hydrogen-bond acceptors (Lipinski definition) is 5. The highest BCUT2D eigenvalue weighted by molar-refractivity contribution is 5.38. The number of rotatable bonds is 5. The summed E-state index contributed by atoms with van der Waals surface area (Å²) in [4.78, 5) is 9.00. The highest BCUT2D eigenvalue weighted by Gasteiger charge is 2.07. The molecule has 0 radical (unpaired) electrons. The molecule has 3 aromatic heterocycles. The van der Waals surface area contributed by atoms with Gasteiger partial charge in [-0.15, -0.1) is 10.2 Å². The van der Waals surface area contributed by atoms with E-state index in [4.69, 9.17) is 0 Å². The van der Waals surface area contributed by atoms with Crippen LogP contribution in [0.4, 0.5) is 5.82 Å². The number of anilines is 1. The van der Waals surface area contributed by atoms with E-state index in [2.05, 4.69) is 39.3 Å². The molecule has 0 fully saturated rings. The number of fused-ring (bicyclic) bond motifs is 1. The molecule has 0 atom stereocenters. The van der Waals surface area contributed by atoms with Crippen molar-refractivity contribution in [3.05, 3.63) is 47.8 Å². The monoisotopic (exact) mass is 296 g/mol. The Hall–Kier alpha value is -2.50. The number of nitrogens with zero attached hydrogens (tertiary/aromatic N) is 5. The third-order valence-corrected chi connectivity index (χ3v) is 3.43. The predicted molar refractivity (Wildman–Crippen MR) is 86.0 cm³/mol. The molecular weight excluding hydrogens is 276 g/mol. The zero-order valence-electron chi connectivity index (χ0n) is 13.1. The maximum atomic E-state index is 4.55. The molecule has 6 nitrogen and oxygen atoms in total. The van der Waals surface area contributed by atoms with Crippen LogP contribution < -0.4 is 5.32 Å². The van der Waals surface area contributed by atoms with Crippen molar-refractivity contribution in [3.63, 3.8) is 0 Å². The summed E-state index contributed by atoms with van der Waals surface area (Å²) in [5.41, 5.74) is 1.85. The van der Waals surface area contributed by atoms with Crippen molar-refractivity contribution in [2.45, 2.75) is 33.1 Å². The van der Waals surface area contributed by atoms with Gasteiger partial charge in [-0.2, -0.15) is 0 Å². The predicted octanol–water partition coefficient (Wildman–Crippen LogP) is 2.61. The van der Waals surface area contributed by atoms with Gasteiger partial charge in [0.15, 0.2) is 5.65 Å². The average Bonchev–Trinajstić information content (AvgIpc) is 2.90. The van der Waals surface area contributed by atoms with Crippen molar-refractivity contribution in [3.8, 4) is 0 Å². The van der Waals surface area contributed by atoms with Gasteiger partial charge in [-0.25, -0.2) is 9.97 Å². The third kappa shape index (κ3) is 3.05. The Labute approximate surface area is 129 Å². The van der Waals surface area contributed by atoms with E-state index in [-0.39, 0.29) is 0 Å². The van der Waals surface area contributed by atoms with Gasteiger partial charge in [0.25, 0.3) is 0 Å². The molecule has 0 aliphatic rings. The summed E-state index contributed by atoms with van der Waals surface area (Å²) in [5, 5.41) is 11.7. The van der Waals surface area contributed by atoms with E-state index < -0.39 is 0 Å². The Bertz CT molecular complexity index is 777. The average molecular weight is 296 g/mol. The molecule has 0 spiro atoms. The van der Waals surface area contributed by atoms with Crippen LogP contribution >= 0.6 is 0 Å². The largest absolute Gasteiger partial charge is 0.370 e. The number of aromatic nitrogens is 5. The summed E-state index contributed by atoms with van der Waals surface area (Å²) >= 11 is 0. The van der Waals surface area contributed by atoms with Crippen molar-refractivity contribution in [2.24, 2.45) is 0 Å². The van der Waals surface area contributed by atoms with Gasteiger partial charge in [0.05, 0.1) is 0 Å². The molecule has 0 saturated heterocycles. The van der Waals surface area contributed by atoms with Gasteiger partial charge in [-0.1, -0.05) is 19.9 Å². The Kier molecular flexibility index (Phi) is 4.00. The summed E-state index contributed by atoms with van der Waals surface area (Å²) in [5.74, 6) is 3.00. The first kappa shape index (κ1) is 14.4. The minimum atomic E-state index is 0.320. The van der Waals surface area contributed by atoms with Gasteiger partial charge in [0, 0.05) is 36.8 Å². The van der Waals surface area contributed by atoms with Crippen LogP contribution in [-0.2, 0) is 6.42 Å². The first-order valence-corrected chi connectivity index (χ1v) is 7.51. The van der Waals surface area contributed by atoms with Gasteiger partial charge in [0.1, 0.15) is 17.5 Å². The van der Waals surface area contributed by atoms with Crippen LogP contribution in [0, 0.1) is 6.92 Å². The quantitative estimate of drug-likeness (QED) is 0.784. The van der Waals surface area contributed by atoms with Crippen molar-refractivity contribution in [1.29, 1.82) is 0 Å². The lowest BCUT2D eigenvalue weighted by atomic mass is 10.2. The normalized spacial score (nSPS) is 11.3. The molecule has 3 aromatic rings. The summed E-state index contributed by atoms with van der Waals surface area (Å²) in [6.45, 7) is 6.94. The van der Waals surface area contributed by atoms with E-state index in [0.717, 1.165) is 41.8 Å². The lowest BCUT2D eigenvalue weighted by Gasteiger charge is -2.10. The number of hydrogen-bond donors (Lipinski definition) is 1. The van der Waals surface area contributed by atoms with Gasteiger partial charge in [-0.3, -0.25) is 4.40 Å². The molecule has 3 rings (SSSR count). The topological polar surface area (TPSA) is 68.0 Å². The Morgan fingerprint density at radius 3 is 2.86 bits per heavy atom. The Morgan fingerprint density at radius 1 is 1.18 bits per heavy atom. The van der Waals surface area contributed by atoms with Gasteiger partial charge in [-0.05, 0) is 19.1 Å². The molecular formula is C16H20N6. The van der Waals surface area contributed by atoms with Gasteiger partial charge < -0.3 is 5.32 Å². The summed E-state index contributed by atoms with van der Waals surface area (Å²) in [6, 6.07) is 7.86. The summed E-state index contributed by atoms with van der Waals surface area (Å²) in [6.07, 6.45) is 2.77. The molecule has 1 N–H and O–H groups in total. The SMILES string of the molecule is Cc1cc(NCCc2nnc3ccccn23)nc(C(C)C)n1. The second-order valence-electron chi connectivity index (χ2n) is 5.63. The molecule has 3 heterocycles. The molecule has 0 amide bonds. The fraction of sp³-hybridized carbons (Fsp3) is 0.375. The molecule has 6 heteroatoms. The zero-order valence-corrected chi connectivity index (χ0v) is 13.1. The number of nitrogens with one attached hydrogen (secondary N) is 1. The van der Waals surface area contributed by atoms with Crippen LogP contribution in [-0.4, -0.2) is 31.1 Å². The first-order valence-electron chi connectivity index (χ1n) is 7.51. The maximum Gasteiger partial charge on any atom is 0.160 e. The Morgan fingerprint density at radius 2 is 2.05 bits per heavy atom. The highest BCUT2D eigenvalue weighted by Crippen LogP contribution is 2.13. The van der Waals surface area contributed by atoms with Crippen LogP contribution in [0.3, 0.4) is 0 Å². The number of aryl methyl sites for hydroxylation is 1. The van der Waals surface area contributed by atoms with Crippen LogP contribution in [0.25, 0.3) is 5.65 Å². The molecule has 0 aromatic carbocycles. The fourth-order valence-electron chi connectivity index (χ4n) is 2.30.